The molecule has 0 aliphatic rings. The van der Waals surface area contributed by atoms with Gasteiger partial charge in [-0.1, -0.05) is 42.5 Å². The van der Waals surface area contributed by atoms with Gasteiger partial charge in [-0.15, -0.1) is 0 Å². The Kier molecular flexibility index (Phi) is 3.95. The molecule has 0 amide bonds. The molecule has 2 N–H and O–H groups in total. The van der Waals surface area contributed by atoms with E-state index in [1.165, 1.54) is 10.8 Å². The van der Waals surface area contributed by atoms with Crippen LogP contribution in [-0.2, 0) is 11.2 Å². The van der Waals surface area contributed by atoms with Gasteiger partial charge in [0.15, 0.2) is 0 Å². The number of aryl methyl sites for hydroxylation is 1. The zero-order valence-electron chi connectivity index (χ0n) is 10.0. The lowest BCUT2D eigenvalue weighted by molar-refractivity contribution is -0.139. The summed E-state index contributed by atoms with van der Waals surface area (Å²) >= 11 is 0. The quantitative estimate of drug-likeness (QED) is 0.850. The van der Waals surface area contributed by atoms with Crippen LogP contribution in [0.5, 0.6) is 0 Å². The summed E-state index contributed by atoms with van der Waals surface area (Å²) in [7, 11) is 0. The highest BCUT2D eigenvalue weighted by molar-refractivity contribution is 5.82. The summed E-state index contributed by atoms with van der Waals surface area (Å²) in [5.41, 5.74) is 1.12. The van der Waals surface area contributed by atoms with E-state index in [-0.39, 0.29) is 6.42 Å². The molecule has 3 heteroatoms. The van der Waals surface area contributed by atoms with Gasteiger partial charge >= 0.3 is 5.97 Å². The van der Waals surface area contributed by atoms with E-state index in [2.05, 4.69) is 12.1 Å². The van der Waals surface area contributed by atoms with Gasteiger partial charge in [-0.05, 0) is 29.2 Å². The maximum absolute atomic E-state index is 10.4. The van der Waals surface area contributed by atoms with E-state index in [4.69, 9.17) is 5.11 Å². The van der Waals surface area contributed by atoms with Crippen molar-refractivity contribution in [2.75, 3.05) is 0 Å². The lowest BCUT2D eigenvalue weighted by Gasteiger charge is -2.08. The Morgan fingerprint density at radius 1 is 1.11 bits per heavy atom. The predicted octanol–water partition coefficient (Wildman–Crippen LogP) is 2.61. The van der Waals surface area contributed by atoms with Crippen molar-refractivity contribution in [2.24, 2.45) is 0 Å². The zero-order chi connectivity index (χ0) is 13.0. The molecular weight excluding hydrogens is 228 g/mol. The lowest BCUT2D eigenvalue weighted by Crippen LogP contribution is -2.13. The van der Waals surface area contributed by atoms with Crippen molar-refractivity contribution in [2.45, 2.75) is 25.4 Å². The predicted molar refractivity (Wildman–Crippen MR) is 70.5 cm³/mol. The fraction of sp³-hybridized carbons (Fsp3) is 0.267. The Morgan fingerprint density at radius 2 is 1.83 bits per heavy atom. The number of aliphatic hydroxyl groups excluding tert-OH is 1. The molecule has 0 bridgehead atoms. The molecule has 0 unspecified atom stereocenters. The minimum Gasteiger partial charge on any atom is -0.481 e. The molecule has 0 saturated heterocycles. The molecule has 0 saturated carbocycles. The summed E-state index contributed by atoms with van der Waals surface area (Å²) in [5, 5.41) is 20.4. The average molecular weight is 244 g/mol. The highest BCUT2D eigenvalue weighted by Crippen LogP contribution is 2.17. The van der Waals surface area contributed by atoms with E-state index < -0.39 is 12.1 Å². The van der Waals surface area contributed by atoms with Crippen LogP contribution in [-0.4, -0.2) is 22.3 Å². The van der Waals surface area contributed by atoms with Crippen LogP contribution in [0.3, 0.4) is 0 Å². The van der Waals surface area contributed by atoms with E-state index in [0.717, 1.165) is 5.56 Å². The maximum Gasteiger partial charge on any atom is 0.305 e. The summed E-state index contributed by atoms with van der Waals surface area (Å²) in [6.07, 6.45) is 0.214. The van der Waals surface area contributed by atoms with Gasteiger partial charge in [0, 0.05) is 0 Å². The first-order chi connectivity index (χ1) is 8.65. The monoisotopic (exact) mass is 244 g/mol. The van der Waals surface area contributed by atoms with Crippen molar-refractivity contribution < 1.29 is 15.0 Å². The molecule has 0 aliphatic carbocycles. The van der Waals surface area contributed by atoms with Crippen LogP contribution >= 0.6 is 0 Å². The van der Waals surface area contributed by atoms with Crippen LogP contribution in [0.2, 0.25) is 0 Å². The molecule has 0 spiro atoms. The minimum atomic E-state index is -0.957. The van der Waals surface area contributed by atoms with Crippen LogP contribution in [0.25, 0.3) is 10.8 Å². The molecule has 0 heterocycles. The van der Waals surface area contributed by atoms with E-state index in [9.17, 15) is 9.90 Å². The van der Waals surface area contributed by atoms with Gasteiger partial charge in [0.25, 0.3) is 0 Å². The van der Waals surface area contributed by atoms with Gasteiger partial charge in [0.2, 0.25) is 0 Å². The third-order valence-corrected chi connectivity index (χ3v) is 2.99. The standard InChI is InChI=1S/C15H16O3/c16-14(10-15(17)18)8-6-11-5-7-12-3-1-2-4-13(12)9-11/h1-5,7,9,14,16H,6,8,10H2,(H,17,18)/t14-/m0/s1. The van der Waals surface area contributed by atoms with Crippen LogP contribution in [0, 0.1) is 0 Å². The molecule has 18 heavy (non-hydrogen) atoms. The average Bonchev–Trinajstić information content (AvgIpc) is 2.35. The molecule has 0 aromatic heterocycles. The topological polar surface area (TPSA) is 57.5 Å². The van der Waals surface area contributed by atoms with Gasteiger partial charge in [-0.3, -0.25) is 4.79 Å². The van der Waals surface area contributed by atoms with E-state index in [1.54, 1.807) is 0 Å². The van der Waals surface area contributed by atoms with E-state index in [0.29, 0.717) is 12.8 Å². The third kappa shape index (κ3) is 3.31. The first kappa shape index (κ1) is 12.6. The Bertz CT molecular complexity index is 548. The Balaban J connectivity index is 2.01. The summed E-state index contributed by atoms with van der Waals surface area (Å²) in [6, 6.07) is 14.3. The van der Waals surface area contributed by atoms with Crippen LogP contribution in [0.4, 0.5) is 0 Å². The second-order valence-corrected chi connectivity index (χ2v) is 4.47. The van der Waals surface area contributed by atoms with Crippen molar-refractivity contribution in [3.05, 3.63) is 48.0 Å². The van der Waals surface area contributed by atoms with Crippen LogP contribution in [0.15, 0.2) is 42.5 Å². The van der Waals surface area contributed by atoms with E-state index >= 15 is 0 Å². The highest BCUT2D eigenvalue weighted by atomic mass is 16.4. The van der Waals surface area contributed by atoms with Gasteiger partial charge in [0.05, 0.1) is 12.5 Å². The first-order valence-corrected chi connectivity index (χ1v) is 6.02. The number of benzene rings is 2. The normalized spacial score (nSPS) is 12.5. The second kappa shape index (κ2) is 5.65. The molecular formula is C15H16O3. The van der Waals surface area contributed by atoms with Gasteiger partial charge in [0.1, 0.15) is 0 Å². The minimum absolute atomic E-state index is 0.187. The number of aliphatic hydroxyl groups is 1. The van der Waals surface area contributed by atoms with Crippen molar-refractivity contribution in [1.29, 1.82) is 0 Å². The lowest BCUT2D eigenvalue weighted by atomic mass is 10.0. The number of hydrogen-bond donors (Lipinski definition) is 2. The number of rotatable bonds is 5. The molecule has 3 nitrogen and oxygen atoms in total. The number of carboxylic acids is 1. The molecule has 2 aromatic rings. The number of carbonyl (C=O) groups is 1. The summed E-state index contributed by atoms with van der Waals surface area (Å²) < 4.78 is 0. The van der Waals surface area contributed by atoms with Crippen LogP contribution in [0.1, 0.15) is 18.4 Å². The highest BCUT2D eigenvalue weighted by Gasteiger charge is 2.09. The molecule has 0 fully saturated rings. The number of fused-ring (bicyclic) bond motifs is 1. The molecule has 2 aromatic carbocycles. The first-order valence-electron chi connectivity index (χ1n) is 6.02. The van der Waals surface area contributed by atoms with Crippen molar-refractivity contribution in [3.8, 4) is 0 Å². The third-order valence-electron chi connectivity index (χ3n) is 2.99. The summed E-state index contributed by atoms with van der Waals surface area (Å²) in [4.78, 5) is 10.4. The zero-order valence-corrected chi connectivity index (χ0v) is 10.0. The SMILES string of the molecule is O=C(O)C[C@@H](O)CCc1ccc2ccccc2c1. The van der Waals surface area contributed by atoms with Crippen molar-refractivity contribution >= 4 is 16.7 Å². The fourth-order valence-corrected chi connectivity index (χ4v) is 2.03. The van der Waals surface area contributed by atoms with Gasteiger partial charge in [-0.25, -0.2) is 0 Å². The Hall–Kier alpha value is -1.87. The second-order valence-electron chi connectivity index (χ2n) is 4.47. The fourth-order valence-electron chi connectivity index (χ4n) is 2.03. The summed E-state index contributed by atoms with van der Waals surface area (Å²) in [6.45, 7) is 0. The van der Waals surface area contributed by atoms with Gasteiger partial charge in [-0.2, -0.15) is 0 Å². The molecule has 2 rings (SSSR count). The smallest absolute Gasteiger partial charge is 0.305 e. The molecule has 1 atom stereocenters. The number of carboxylic acid groups (broad SMARTS) is 1. The molecule has 0 aliphatic heterocycles. The largest absolute Gasteiger partial charge is 0.481 e. The Labute approximate surface area is 106 Å². The van der Waals surface area contributed by atoms with Crippen molar-refractivity contribution in [1.82, 2.24) is 0 Å². The number of aliphatic carboxylic acids is 1. The van der Waals surface area contributed by atoms with E-state index in [1.807, 2.05) is 30.3 Å². The Morgan fingerprint density at radius 3 is 2.56 bits per heavy atom. The van der Waals surface area contributed by atoms with Gasteiger partial charge < -0.3 is 10.2 Å². The summed E-state index contributed by atoms with van der Waals surface area (Å²) in [5.74, 6) is -0.957. The molecule has 0 radical (unpaired) electrons. The van der Waals surface area contributed by atoms with Crippen LogP contribution < -0.4 is 0 Å². The maximum atomic E-state index is 10.4. The number of hydrogen-bond acceptors (Lipinski definition) is 2. The van der Waals surface area contributed by atoms with Crippen molar-refractivity contribution in [3.63, 3.8) is 0 Å². The molecule has 94 valence electrons.